The van der Waals surface area contributed by atoms with Crippen LogP contribution in [0.3, 0.4) is 0 Å². The molecule has 0 saturated heterocycles. The minimum atomic E-state index is -0.409. The quantitative estimate of drug-likeness (QED) is 0.414. The number of hydrogen-bond donors (Lipinski definition) is 0. The molecular formula is C26H27N3O2. The maximum absolute atomic E-state index is 12.1. The largest absolute Gasteiger partial charge is 0.463 e. The summed E-state index contributed by atoms with van der Waals surface area (Å²) in [5.74, 6) is -0.409. The fraction of sp³-hybridized carbons (Fsp3) is 0.346. The highest BCUT2D eigenvalue weighted by Gasteiger charge is 2.30. The monoisotopic (exact) mass is 413 g/mol. The van der Waals surface area contributed by atoms with Crippen molar-refractivity contribution in [1.82, 2.24) is 9.55 Å². The van der Waals surface area contributed by atoms with Crippen LogP contribution in [0.1, 0.15) is 66.9 Å². The fourth-order valence-electron chi connectivity index (χ4n) is 4.64. The Morgan fingerprint density at radius 1 is 1.29 bits per heavy atom. The van der Waals surface area contributed by atoms with Crippen molar-refractivity contribution in [2.24, 2.45) is 0 Å². The molecule has 5 heteroatoms. The van der Waals surface area contributed by atoms with Crippen LogP contribution in [0.5, 0.6) is 0 Å². The van der Waals surface area contributed by atoms with E-state index in [9.17, 15) is 10.1 Å². The molecule has 0 aliphatic heterocycles. The van der Waals surface area contributed by atoms with Gasteiger partial charge < -0.3 is 9.30 Å². The first-order valence-corrected chi connectivity index (χ1v) is 11.0. The van der Waals surface area contributed by atoms with Crippen molar-refractivity contribution in [3.8, 4) is 6.07 Å². The van der Waals surface area contributed by atoms with Crippen molar-refractivity contribution in [3.05, 3.63) is 70.0 Å². The second-order valence-electron chi connectivity index (χ2n) is 7.76. The number of nitriles is 1. The SMILES string of the molecule is CCOC(=O)C=Cc1c(C#N)c2c(CC)cc(CC)nc2n1C1CCc2ccccc21. The molecule has 0 spiro atoms. The van der Waals surface area contributed by atoms with E-state index in [2.05, 4.69) is 54.8 Å². The van der Waals surface area contributed by atoms with Crippen LogP contribution in [0, 0.1) is 11.3 Å². The summed E-state index contributed by atoms with van der Waals surface area (Å²) in [6.07, 6.45) is 6.70. The molecule has 0 fully saturated rings. The first-order valence-electron chi connectivity index (χ1n) is 11.0. The number of fused-ring (bicyclic) bond motifs is 2. The predicted molar refractivity (Wildman–Crippen MR) is 122 cm³/mol. The number of rotatable bonds is 6. The van der Waals surface area contributed by atoms with Gasteiger partial charge >= 0.3 is 5.97 Å². The van der Waals surface area contributed by atoms with Gasteiger partial charge in [0.05, 0.1) is 23.9 Å². The van der Waals surface area contributed by atoms with Gasteiger partial charge in [0.15, 0.2) is 0 Å². The molecule has 5 nitrogen and oxygen atoms in total. The first kappa shape index (κ1) is 20.9. The Balaban J connectivity index is 2.03. The Bertz CT molecular complexity index is 1210. The third kappa shape index (κ3) is 3.63. The summed E-state index contributed by atoms with van der Waals surface area (Å²) in [5, 5.41) is 11.0. The molecule has 0 saturated carbocycles. The average molecular weight is 414 g/mol. The van der Waals surface area contributed by atoms with Crippen LogP contribution >= 0.6 is 0 Å². The van der Waals surface area contributed by atoms with Crippen LogP contribution in [0.15, 0.2) is 36.4 Å². The Kier molecular flexibility index (Phi) is 5.90. The zero-order valence-electron chi connectivity index (χ0n) is 18.3. The van der Waals surface area contributed by atoms with Gasteiger partial charge in [-0.05, 0) is 61.4 Å². The number of nitrogens with zero attached hydrogens (tertiary/aromatic N) is 3. The molecule has 0 bridgehead atoms. The molecule has 1 aliphatic carbocycles. The van der Waals surface area contributed by atoms with E-state index in [4.69, 9.17) is 9.72 Å². The van der Waals surface area contributed by atoms with Crippen LogP contribution in [0.4, 0.5) is 0 Å². The van der Waals surface area contributed by atoms with Crippen molar-refractivity contribution in [1.29, 1.82) is 5.26 Å². The van der Waals surface area contributed by atoms with Crippen molar-refractivity contribution < 1.29 is 9.53 Å². The van der Waals surface area contributed by atoms with Gasteiger partial charge in [-0.15, -0.1) is 0 Å². The molecule has 1 aromatic carbocycles. The molecule has 3 aromatic rings. The van der Waals surface area contributed by atoms with E-state index in [1.165, 1.54) is 17.2 Å². The first-order chi connectivity index (χ1) is 15.1. The number of aryl methyl sites for hydroxylation is 3. The van der Waals surface area contributed by atoms with Gasteiger partial charge in [0.2, 0.25) is 0 Å². The number of carbonyl (C=O) groups excluding carboxylic acids is 1. The predicted octanol–water partition coefficient (Wildman–Crippen LogP) is 5.14. The van der Waals surface area contributed by atoms with Gasteiger partial charge in [0.1, 0.15) is 11.7 Å². The number of ether oxygens (including phenoxy) is 1. The zero-order chi connectivity index (χ0) is 22.0. The molecular weight excluding hydrogens is 386 g/mol. The van der Waals surface area contributed by atoms with Gasteiger partial charge in [-0.1, -0.05) is 38.1 Å². The summed E-state index contributed by atoms with van der Waals surface area (Å²) in [5.41, 5.74) is 6.86. The number of hydrogen-bond acceptors (Lipinski definition) is 4. The Morgan fingerprint density at radius 3 is 2.81 bits per heavy atom. The lowest BCUT2D eigenvalue weighted by molar-refractivity contribution is -0.137. The average Bonchev–Trinajstić information content (AvgIpc) is 3.35. The maximum Gasteiger partial charge on any atom is 0.330 e. The molecule has 0 amide bonds. The second kappa shape index (κ2) is 8.77. The highest BCUT2D eigenvalue weighted by Crippen LogP contribution is 2.40. The van der Waals surface area contributed by atoms with E-state index in [0.29, 0.717) is 12.2 Å². The molecule has 1 aliphatic rings. The molecule has 2 heterocycles. The lowest BCUT2D eigenvalue weighted by atomic mass is 10.0. The Labute approximate surface area is 183 Å². The van der Waals surface area contributed by atoms with Gasteiger partial charge in [-0.2, -0.15) is 5.26 Å². The molecule has 0 radical (unpaired) electrons. The highest BCUT2D eigenvalue weighted by molar-refractivity contribution is 5.94. The zero-order valence-corrected chi connectivity index (χ0v) is 18.3. The van der Waals surface area contributed by atoms with Crippen LogP contribution in [0.25, 0.3) is 17.1 Å². The summed E-state index contributed by atoms with van der Waals surface area (Å²) in [7, 11) is 0. The highest BCUT2D eigenvalue weighted by atomic mass is 16.5. The summed E-state index contributed by atoms with van der Waals surface area (Å²) in [4.78, 5) is 17.0. The van der Waals surface area contributed by atoms with Crippen molar-refractivity contribution >= 4 is 23.1 Å². The second-order valence-corrected chi connectivity index (χ2v) is 7.76. The summed E-state index contributed by atoms with van der Waals surface area (Å²) < 4.78 is 7.26. The van der Waals surface area contributed by atoms with Crippen LogP contribution in [-0.2, 0) is 28.8 Å². The lowest BCUT2D eigenvalue weighted by Gasteiger charge is -2.18. The minimum Gasteiger partial charge on any atom is -0.463 e. The van der Waals surface area contributed by atoms with Gasteiger partial charge in [-0.25, -0.2) is 9.78 Å². The van der Waals surface area contributed by atoms with Gasteiger partial charge in [0.25, 0.3) is 0 Å². The maximum atomic E-state index is 12.1. The number of benzene rings is 1. The molecule has 1 atom stereocenters. The summed E-state index contributed by atoms with van der Waals surface area (Å²) >= 11 is 0. The van der Waals surface area contributed by atoms with E-state index < -0.39 is 5.97 Å². The molecule has 158 valence electrons. The fourth-order valence-corrected chi connectivity index (χ4v) is 4.64. The molecule has 0 N–H and O–H groups in total. The number of pyridine rings is 1. The normalized spacial score (nSPS) is 15.4. The van der Waals surface area contributed by atoms with E-state index >= 15 is 0 Å². The number of esters is 1. The van der Waals surface area contributed by atoms with Gasteiger partial charge in [-0.3, -0.25) is 0 Å². The third-order valence-corrected chi connectivity index (χ3v) is 6.06. The molecule has 1 unspecified atom stereocenters. The lowest BCUT2D eigenvalue weighted by Crippen LogP contribution is -2.11. The van der Waals surface area contributed by atoms with Crippen LogP contribution in [0.2, 0.25) is 0 Å². The minimum absolute atomic E-state index is 0.0759. The Hall–Kier alpha value is -3.39. The van der Waals surface area contributed by atoms with E-state index in [-0.39, 0.29) is 6.04 Å². The van der Waals surface area contributed by atoms with Crippen molar-refractivity contribution in [3.63, 3.8) is 0 Å². The van der Waals surface area contributed by atoms with E-state index in [1.807, 2.05) is 0 Å². The smallest absolute Gasteiger partial charge is 0.330 e. The number of carbonyl (C=O) groups is 1. The van der Waals surface area contributed by atoms with Gasteiger partial charge in [0, 0.05) is 17.2 Å². The number of aromatic nitrogens is 2. The molecule has 31 heavy (non-hydrogen) atoms. The van der Waals surface area contributed by atoms with Crippen molar-refractivity contribution in [2.45, 2.75) is 52.5 Å². The van der Waals surface area contributed by atoms with E-state index in [1.54, 1.807) is 13.0 Å². The molecule has 4 rings (SSSR count). The van der Waals surface area contributed by atoms with Crippen molar-refractivity contribution in [2.75, 3.05) is 6.61 Å². The molecule has 2 aromatic heterocycles. The summed E-state index contributed by atoms with van der Waals surface area (Å²) in [6, 6.07) is 13.1. The third-order valence-electron chi connectivity index (χ3n) is 6.06. The van der Waals surface area contributed by atoms with Crippen LogP contribution in [-0.4, -0.2) is 22.1 Å². The standard InChI is InChI=1S/C26H27N3O2/c1-4-17-15-19(5-2)28-26-25(17)21(16-27)23(13-14-24(30)31-6-3)29(26)22-12-11-18-9-7-8-10-20(18)22/h7-10,13-15,22H,4-6,11-12H2,1-3H3. The van der Waals surface area contributed by atoms with Crippen LogP contribution < -0.4 is 0 Å². The van der Waals surface area contributed by atoms with E-state index in [0.717, 1.165) is 53.7 Å². The topological polar surface area (TPSA) is 67.9 Å². The summed E-state index contributed by atoms with van der Waals surface area (Å²) in [6.45, 7) is 6.29. The Morgan fingerprint density at radius 2 is 2.10 bits per heavy atom.